The second-order valence-corrected chi connectivity index (χ2v) is 8.88. The van der Waals surface area contributed by atoms with Crippen molar-refractivity contribution >= 4 is 33.1 Å². The Balaban J connectivity index is 0.00000124. The zero-order valence-corrected chi connectivity index (χ0v) is 19.2. The standard InChI is InChI=1S/C23H24N2O2S.C2H6/c1-15(2)12-13-25-20-10-6-4-8-17(20)16(3)22(23(25)26)19-14-28(27)21-11-7-5-9-18(21)24-19;1-2/h4-11,14-15,24H,12-13H2,1-3H3;1-2H3. The van der Waals surface area contributed by atoms with Crippen molar-refractivity contribution in [1.82, 2.24) is 4.57 Å². The van der Waals surface area contributed by atoms with Crippen molar-refractivity contribution in [2.45, 2.75) is 52.5 Å². The van der Waals surface area contributed by atoms with Crippen molar-refractivity contribution < 1.29 is 4.21 Å². The van der Waals surface area contributed by atoms with Crippen LogP contribution in [0.1, 0.15) is 45.2 Å². The van der Waals surface area contributed by atoms with Crippen molar-refractivity contribution in [3.8, 4) is 0 Å². The smallest absolute Gasteiger partial charge is 0.260 e. The van der Waals surface area contributed by atoms with Crippen molar-refractivity contribution in [3.05, 3.63) is 75.4 Å². The Morgan fingerprint density at radius 2 is 1.70 bits per heavy atom. The summed E-state index contributed by atoms with van der Waals surface area (Å²) in [6.45, 7) is 11.0. The number of benzene rings is 2. The van der Waals surface area contributed by atoms with Gasteiger partial charge in [0.1, 0.15) is 0 Å². The van der Waals surface area contributed by atoms with E-state index in [1.165, 1.54) is 0 Å². The number of rotatable bonds is 4. The first-order valence-electron chi connectivity index (χ1n) is 10.6. The van der Waals surface area contributed by atoms with Crippen molar-refractivity contribution in [2.24, 2.45) is 5.92 Å². The van der Waals surface area contributed by atoms with E-state index in [-0.39, 0.29) is 5.56 Å². The largest absolute Gasteiger partial charge is 0.353 e. The predicted octanol–water partition coefficient (Wildman–Crippen LogP) is 5.91. The molecule has 0 spiro atoms. The van der Waals surface area contributed by atoms with Gasteiger partial charge in [0.25, 0.3) is 5.56 Å². The molecule has 3 aromatic rings. The fraction of sp³-hybridized carbons (Fsp3) is 0.320. The molecule has 158 valence electrons. The zero-order chi connectivity index (χ0) is 21.8. The lowest BCUT2D eigenvalue weighted by Crippen LogP contribution is -2.28. The molecule has 1 aliphatic rings. The van der Waals surface area contributed by atoms with E-state index in [4.69, 9.17) is 0 Å². The van der Waals surface area contributed by atoms with E-state index in [9.17, 15) is 9.00 Å². The molecule has 4 rings (SSSR count). The molecular weight excluding hydrogens is 392 g/mol. The minimum atomic E-state index is -1.29. The summed E-state index contributed by atoms with van der Waals surface area (Å²) in [5, 5.41) is 6.05. The van der Waals surface area contributed by atoms with Gasteiger partial charge >= 0.3 is 0 Å². The maximum Gasteiger partial charge on any atom is 0.260 e. The highest BCUT2D eigenvalue weighted by molar-refractivity contribution is 7.88. The number of hydrogen-bond acceptors (Lipinski definition) is 3. The number of hydrogen-bond donors (Lipinski definition) is 1. The highest BCUT2D eigenvalue weighted by Gasteiger charge is 2.22. The molecule has 0 radical (unpaired) electrons. The summed E-state index contributed by atoms with van der Waals surface area (Å²) in [6.07, 6.45) is 0.924. The molecule has 1 aliphatic heterocycles. The van der Waals surface area contributed by atoms with Crippen molar-refractivity contribution in [2.75, 3.05) is 5.32 Å². The Hall–Kier alpha value is -2.66. The van der Waals surface area contributed by atoms with Crippen LogP contribution in [-0.2, 0) is 17.3 Å². The third-order valence-corrected chi connectivity index (χ3v) is 6.47. The van der Waals surface area contributed by atoms with E-state index in [0.717, 1.165) is 33.5 Å². The van der Waals surface area contributed by atoms with E-state index in [0.29, 0.717) is 23.7 Å². The van der Waals surface area contributed by atoms with Gasteiger partial charge in [-0.25, -0.2) is 4.21 Å². The predicted molar refractivity (Wildman–Crippen MR) is 128 cm³/mol. The Kier molecular flexibility index (Phi) is 6.93. The molecule has 30 heavy (non-hydrogen) atoms. The van der Waals surface area contributed by atoms with Crippen LogP contribution in [0.15, 0.2) is 63.6 Å². The first-order chi connectivity index (χ1) is 14.5. The van der Waals surface area contributed by atoms with Gasteiger partial charge in [0, 0.05) is 17.3 Å². The molecule has 1 atom stereocenters. The molecule has 0 fully saturated rings. The molecule has 1 N–H and O–H groups in total. The number of anilines is 1. The topological polar surface area (TPSA) is 51.1 Å². The van der Waals surface area contributed by atoms with Gasteiger partial charge in [-0.05, 0) is 43.0 Å². The van der Waals surface area contributed by atoms with Crippen LogP contribution in [0.4, 0.5) is 5.69 Å². The van der Waals surface area contributed by atoms with Crippen molar-refractivity contribution in [3.63, 3.8) is 0 Å². The number of aromatic nitrogens is 1. The normalized spacial score (nSPS) is 15.1. The summed E-state index contributed by atoms with van der Waals surface area (Å²) in [5.41, 5.74) is 3.85. The van der Waals surface area contributed by atoms with Gasteiger partial charge < -0.3 is 9.88 Å². The molecule has 0 aliphatic carbocycles. The fourth-order valence-electron chi connectivity index (χ4n) is 3.70. The number of nitrogens with zero attached hydrogens (tertiary/aromatic N) is 1. The molecule has 1 unspecified atom stereocenters. The van der Waals surface area contributed by atoms with E-state index < -0.39 is 10.8 Å². The molecule has 5 heteroatoms. The van der Waals surface area contributed by atoms with Crippen LogP contribution in [0.2, 0.25) is 0 Å². The van der Waals surface area contributed by atoms with Gasteiger partial charge in [0.05, 0.1) is 38.2 Å². The van der Waals surface area contributed by atoms with Gasteiger partial charge in [-0.1, -0.05) is 58.0 Å². The van der Waals surface area contributed by atoms with Crippen LogP contribution in [-0.4, -0.2) is 8.78 Å². The highest BCUT2D eigenvalue weighted by atomic mass is 32.2. The number of aryl methyl sites for hydroxylation is 2. The SMILES string of the molecule is CC.Cc1c(C2=CS(=O)c3ccccc3N2)c(=O)n(CCC(C)C)c2ccccc12. The third kappa shape index (κ3) is 4.12. The number of nitrogens with one attached hydrogen (secondary N) is 1. The molecule has 0 saturated carbocycles. The first kappa shape index (κ1) is 22.0. The molecule has 4 nitrogen and oxygen atoms in total. The average molecular weight is 423 g/mol. The summed E-state index contributed by atoms with van der Waals surface area (Å²) in [4.78, 5) is 14.3. The monoisotopic (exact) mass is 422 g/mol. The maximum absolute atomic E-state index is 13.5. The fourth-order valence-corrected chi connectivity index (χ4v) is 4.77. The molecule has 0 bridgehead atoms. The van der Waals surface area contributed by atoms with Crippen molar-refractivity contribution in [1.29, 1.82) is 0 Å². The van der Waals surface area contributed by atoms with Crippen LogP contribution < -0.4 is 10.9 Å². The van der Waals surface area contributed by atoms with E-state index >= 15 is 0 Å². The quantitative estimate of drug-likeness (QED) is 0.568. The summed E-state index contributed by atoms with van der Waals surface area (Å²) >= 11 is 0. The lowest BCUT2D eigenvalue weighted by atomic mass is 10.0. The van der Waals surface area contributed by atoms with Gasteiger partial charge in [-0.3, -0.25) is 4.79 Å². The molecule has 0 amide bonds. The van der Waals surface area contributed by atoms with Crippen LogP contribution in [0.5, 0.6) is 0 Å². The number of para-hydroxylation sites is 2. The van der Waals surface area contributed by atoms with Crippen LogP contribution >= 0.6 is 0 Å². The second kappa shape index (κ2) is 9.43. The Morgan fingerprint density at radius 1 is 1.03 bits per heavy atom. The van der Waals surface area contributed by atoms with E-state index in [2.05, 4.69) is 19.2 Å². The van der Waals surface area contributed by atoms with Crippen LogP contribution in [0.25, 0.3) is 16.6 Å². The Bertz CT molecular complexity index is 1180. The second-order valence-electron chi connectivity index (χ2n) is 7.61. The van der Waals surface area contributed by atoms with E-state index in [1.807, 2.05) is 73.9 Å². The first-order valence-corrected chi connectivity index (χ1v) is 11.8. The summed E-state index contributed by atoms with van der Waals surface area (Å²) in [5.74, 6) is 0.502. The molecule has 2 aromatic carbocycles. The summed E-state index contributed by atoms with van der Waals surface area (Å²) in [7, 11) is -1.29. The zero-order valence-electron chi connectivity index (χ0n) is 18.4. The number of pyridine rings is 1. The third-order valence-electron chi connectivity index (χ3n) is 5.23. The van der Waals surface area contributed by atoms with Gasteiger partial charge in [-0.2, -0.15) is 0 Å². The molecule has 2 heterocycles. The minimum absolute atomic E-state index is 0.0352. The van der Waals surface area contributed by atoms with Gasteiger partial charge in [-0.15, -0.1) is 0 Å². The van der Waals surface area contributed by atoms with E-state index in [1.54, 1.807) is 5.41 Å². The minimum Gasteiger partial charge on any atom is -0.353 e. The maximum atomic E-state index is 13.5. The average Bonchev–Trinajstić information content (AvgIpc) is 2.75. The van der Waals surface area contributed by atoms with Gasteiger partial charge in [0.2, 0.25) is 0 Å². The molecule has 0 saturated heterocycles. The summed E-state index contributed by atoms with van der Waals surface area (Å²) < 4.78 is 14.6. The Morgan fingerprint density at radius 3 is 2.43 bits per heavy atom. The highest BCUT2D eigenvalue weighted by Crippen LogP contribution is 2.32. The lowest BCUT2D eigenvalue weighted by molar-refractivity contribution is 0.516. The number of fused-ring (bicyclic) bond motifs is 2. The molecule has 1 aromatic heterocycles. The van der Waals surface area contributed by atoms with Gasteiger partial charge in [0.15, 0.2) is 0 Å². The van der Waals surface area contributed by atoms with Crippen LogP contribution in [0.3, 0.4) is 0 Å². The Labute approximate surface area is 181 Å². The molecular formula is C25H30N2O2S. The lowest BCUT2D eigenvalue weighted by Gasteiger charge is -2.22. The van der Waals surface area contributed by atoms with Crippen LogP contribution in [0, 0.1) is 12.8 Å². The summed E-state index contributed by atoms with van der Waals surface area (Å²) in [6, 6.07) is 15.5.